The lowest BCUT2D eigenvalue weighted by atomic mass is 10.0. The van der Waals surface area contributed by atoms with Crippen molar-refractivity contribution in [2.45, 2.75) is 31.8 Å². The molecule has 0 atom stereocenters. The van der Waals surface area contributed by atoms with Crippen LogP contribution in [0.15, 0.2) is 51.7 Å². The van der Waals surface area contributed by atoms with Gasteiger partial charge in [-0.3, -0.25) is 9.52 Å². The number of imidazole rings is 1. The van der Waals surface area contributed by atoms with E-state index in [1.165, 1.54) is 30.7 Å². The Morgan fingerprint density at radius 2 is 1.89 bits per heavy atom. The van der Waals surface area contributed by atoms with Crippen LogP contribution in [-0.4, -0.2) is 29.4 Å². The van der Waals surface area contributed by atoms with Crippen LogP contribution in [0, 0.1) is 0 Å². The standard InChI is InChI=1S/C23H21BrF3N5O4S/c1-2-5-17-30-21(28)20(22(29)33)32(17)10-14-12-8-9-36-11-15(12)19(24)18(14)13-6-3-4-7-16(13)31-37(34,35)23(25,26)27/h3-4,6-9,11,31H,2,5,10,28H2,1H3,(H2,29,33). The SMILES string of the molecule is CCCc1nc(N)c(C(N)=O)n1Cc1c2ccocc-2c(Br)c1-c1ccccc1NS(=O)(=O)C(F)(F)F. The molecule has 196 valence electrons. The molecule has 1 aliphatic heterocycles. The summed E-state index contributed by atoms with van der Waals surface area (Å²) in [5, 5.41) is 0. The second-order valence-corrected chi connectivity index (χ2v) is 10.6. The molecule has 4 rings (SSSR count). The number of aromatic nitrogens is 2. The third-order valence-corrected chi connectivity index (χ3v) is 7.64. The number of sulfonamides is 1. The number of anilines is 2. The summed E-state index contributed by atoms with van der Waals surface area (Å²) >= 11 is 3.51. The van der Waals surface area contributed by atoms with E-state index in [0.29, 0.717) is 45.4 Å². The average Bonchev–Trinajstić information content (AvgIpc) is 3.27. The molecule has 0 radical (unpaired) electrons. The molecule has 0 unspecified atom stereocenters. The zero-order valence-corrected chi connectivity index (χ0v) is 21.7. The van der Waals surface area contributed by atoms with E-state index in [9.17, 15) is 26.4 Å². The Hall–Kier alpha value is -3.52. The van der Waals surface area contributed by atoms with Crippen LogP contribution in [0.2, 0.25) is 0 Å². The molecular formula is C23H21BrF3N5O4S. The Morgan fingerprint density at radius 3 is 2.54 bits per heavy atom. The number of alkyl halides is 3. The highest BCUT2D eigenvalue weighted by atomic mass is 79.9. The number of carbonyl (C=O) groups excluding carboxylic acids is 1. The molecular weight excluding hydrogens is 579 g/mol. The summed E-state index contributed by atoms with van der Waals surface area (Å²) in [6, 6.07) is 7.34. The van der Waals surface area contributed by atoms with Gasteiger partial charge in [-0.1, -0.05) is 25.1 Å². The van der Waals surface area contributed by atoms with Crippen LogP contribution >= 0.6 is 15.9 Å². The van der Waals surface area contributed by atoms with E-state index in [2.05, 4.69) is 20.9 Å². The first-order valence-electron chi connectivity index (χ1n) is 10.9. The quantitative estimate of drug-likeness (QED) is 0.261. The molecule has 0 saturated carbocycles. The summed E-state index contributed by atoms with van der Waals surface area (Å²) < 4.78 is 72.3. The second-order valence-electron chi connectivity index (χ2n) is 8.11. The number of nitrogen functional groups attached to an aromatic ring is 1. The van der Waals surface area contributed by atoms with Gasteiger partial charge in [0.05, 0.1) is 24.8 Å². The molecule has 5 N–H and O–H groups in total. The maximum absolute atomic E-state index is 13.2. The number of para-hydroxylation sites is 1. The normalized spacial score (nSPS) is 12.2. The minimum Gasteiger partial charge on any atom is -0.472 e. The highest BCUT2D eigenvalue weighted by Gasteiger charge is 2.46. The van der Waals surface area contributed by atoms with Crippen molar-refractivity contribution in [3.63, 3.8) is 0 Å². The molecule has 1 aliphatic carbocycles. The van der Waals surface area contributed by atoms with Crippen LogP contribution in [0.4, 0.5) is 24.7 Å². The number of hydrogen-bond acceptors (Lipinski definition) is 6. The van der Waals surface area contributed by atoms with Crippen LogP contribution in [0.5, 0.6) is 0 Å². The van der Waals surface area contributed by atoms with Crippen molar-refractivity contribution in [2.75, 3.05) is 10.5 Å². The van der Waals surface area contributed by atoms with Crippen LogP contribution in [0.1, 0.15) is 35.2 Å². The lowest BCUT2D eigenvalue weighted by molar-refractivity contribution is -0.0429. The van der Waals surface area contributed by atoms with Crippen molar-refractivity contribution < 1.29 is 30.8 Å². The summed E-state index contributed by atoms with van der Waals surface area (Å²) in [7, 11) is -5.70. The Labute approximate surface area is 218 Å². The molecule has 2 heterocycles. The van der Waals surface area contributed by atoms with Crippen molar-refractivity contribution in [3.05, 3.63) is 64.4 Å². The molecule has 2 aromatic rings. The number of primary amides is 1. The number of nitrogens with one attached hydrogen (secondary N) is 1. The molecule has 0 bridgehead atoms. The van der Waals surface area contributed by atoms with Crippen molar-refractivity contribution in [2.24, 2.45) is 5.73 Å². The Kier molecular flexibility index (Phi) is 6.99. The van der Waals surface area contributed by atoms with Crippen molar-refractivity contribution in [3.8, 4) is 22.3 Å². The Bertz CT molecular complexity index is 1560. The first-order chi connectivity index (χ1) is 17.4. The summed E-state index contributed by atoms with van der Waals surface area (Å²) in [5.74, 6) is -0.338. The molecule has 14 heteroatoms. The van der Waals surface area contributed by atoms with E-state index < -0.39 is 21.4 Å². The monoisotopic (exact) mass is 599 g/mol. The van der Waals surface area contributed by atoms with Crippen LogP contribution in [0.3, 0.4) is 0 Å². The fourth-order valence-corrected chi connectivity index (χ4v) is 5.51. The second kappa shape index (κ2) is 9.74. The van der Waals surface area contributed by atoms with Crippen LogP contribution in [0.25, 0.3) is 22.3 Å². The van der Waals surface area contributed by atoms with Gasteiger partial charge in [0.15, 0.2) is 11.5 Å². The molecule has 1 aromatic heterocycles. The molecule has 2 aliphatic rings. The minimum absolute atomic E-state index is 0.00782. The van der Waals surface area contributed by atoms with E-state index in [1.54, 1.807) is 21.4 Å². The minimum atomic E-state index is -5.70. The summed E-state index contributed by atoms with van der Waals surface area (Å²) in [6.07, 6.45) is 4.03. The van der Waals surface area contributed by atoms with E-state index >= 15 is 0 Å². The van der Waals surface area contributed by atoms with Gasteiger partial charge in [-0.2, -0.15) is 21.6 Å². The van der Waals surface area contributed by atoms with Gasteiger partial charge in [0.25, 0.3) is 5.91 Å². The van der Waals surface area contributed by atoms with E-state index in [1.807, 2.05) is 6.92 Å². The van der Waals surface area contributed by atoms with Crippen molar-refractivity contribution in [1.29, 1.82) is 0 Å². The topological polar surface area (TPSA) is 146 Å². The average molecular weight is 600 g/mol. The number of amides is 1. The fraction of sp³-hybridized carbons (Fsp3) is 0.217. The molecule has 0 fully saturated rings. The number of benzene rings is 1. The van der Waals surface area contributed by atoms with Crippen LogP contribution in [-0.2, 0) is 23.0 Å². The van der Waals surface area contributed by atoms with Gasteiger partial charge in [-0.25, -0.2) is 4.98 Å². The number of nitrogens with zero attached hydrogens (tertiary/aromatic N) is 2. The predicted molar refractivity (Wildman–Crippen MR) is 135 cm³/mol. The first-order valence-corrected chi connectivity index (χ1v) is 13.1. The zero-order valence-electron chi connectivity index (χ0n) is 19.3. The first kappa shape index (κ1) is 26.5. The highest BCUT2D eigenvalue weighted by molar-refractivity contribution is 9.10. The van der Waals surface area contributed by atoms with Crippen LogP contribution < -0.4 is 16.2 Å². The Morgan fingerprint density at radius 1 is 1.19 bits per heavy atom. The highest BCUT2D eigenvalue weighted by Crippen LogP contribution is 2.48. The summed E-state index contributed by atoms with van der Waals surface area (Å²) in [6.45, 7) is 1.93. The molecule has 37 heavy (non-hydrogen) atoms. The zero-order chi connectivity index (χ0) is 27.1. The fourth-order valence-electron chi connectivity index (χ4n) is 4.16. The summed E-state index contributed by atoms with van der Waals surface area (Å²) in [5.41, 5.74) is 8.09. The van der Waals surface area contributed by atoms with Gasteiger partial charge in [0, 0.05) is 27.6 Å². The number of halogens is 4. The van der Waals surface area contributed by atoms with Gasteiger partial charge in [-0.15, -0.1) is 0 Å². The third kappa shape index (κ3) is 4.78. The van der Waals surface area contributed by atoms with Crippen molar-refractivity contribution in [1.82, 2.24) is 9.55 Å². The largest absolute Gasteiger partial charge is 0.516 e. The lowest BCUT2D eigenvalue weighted by Gasteiger charge is -2.17. The number of aryl methyl sites for hydroxylation is 1. The van der Waals surface area contributed by atoms with Gasteiger partial charge in [0.2, 0.25) is 0 Å². The van der Waals surface area contributed by atoms with Gasteiger partial charge < -0.3 is 20.5 Å². The van der Waals surface area contributed by atoms with Gasteiger partial charge in [-0.05, 0) is 45.6 Å². The lowest BCUT2D eigenvalue weighted by Crippen LogP contribution is -2.30. The van der Waals surface area contributed by atoms with E-state index in [0.717, 1.165) is 0 Å². The third-order valence-electron chi connectivity index (χ3n) is 5.71. The number of hydrogen-bond donors (Lipinski definition) is 3. The number of carbonyl (C=O) groups is 1. The molecule has 1 aromatic carbocycles. The number of rotatable bonds is 8. The van der Waals surface area contributed by atoms with Crippen molar-refractivity contribution >= 4 is 43.4 Å². The predicted octanol–water partition coefficient (Wildman–Crippen LogP) is 4.95. The van der Waals surface area contributed by atoms with Gasteiger partial charge >= 0.3 is 15.5 Å². The summed E-state index contributed by atoms with van der Waals surface area (Å²) in [4.78, 5) is 16.5. The smallest absolute Gasteiger partial charge is 0.472 e. The molecule has 0 saturated heterocycles. The van der Waals surface area contributed by atoms with E-state index in [-0.39, 0.29) is 29.3 Å². The molecule has 0 spiro atoms. The van der Waals surface area contributed by atoms with E-state index in [4.69, 9.17) is 15.9 Å². The number of fused-ring (bicyclic) bond motifs is 1. The maximum atomic E-state index is 13.2. The number of nitrogens with two attached hydrogens (primary N) is 2. The maximum Gasteiger partial charge on any atom is 0.516 e. The molecule has 1 amide bonds. The Balaban J connectivity index is 1.98. The van der Waals surface area contributed by atoms with Gasteiger partial charge in [0.1, 0.15) is 5.82 Å². The molecule has 9 nitrogen and oxygen atoms in total.